The Labute approximate surface area is 203 Å². The van der Waals surface area contributed by atoms with E-state index in [0.29, 0.717) is 28.3 Å². The van der Waals surface area contributed by atoms with Gasteiger partial charge in [0.25, 0.3) is 5.91 Å². The average Bonchev–Trinajstić information content (AvgIpc) is 3.38. The summed E-state index contributed by atoms with van der Waals surface area (Å²) in [4.78, 5) is 28.3. The third-order valence-corrected chi connectivity index (χ3v) is 6.46. The lowest BCUT2D eigenvalue weighted by molar-refractivity contribution is -0.129. The van der Waals surface area contributed by atoms with Crippen molar-refractivity contribution < 1.29 is 23.8 Å². The highest BCUT2D eigenvalue weighted by atomic mass is 35.5. The van der Waals surface area contributed by atoms with Crippen LogP contribution in [0.2, 0.25) is 5.02 Å². The van der Waals surface area contributed by atoms with Crippen molar-refractivity contribution in [3.63, 3.8) is 0 Å². The molecular formula is C27H28ClNO5. The predicted octanol–water partition coefficient (Wildman–Crippen LogP) is 6.43. The number of aliphatic hydroxyl groups is 1. The number of ketones is 1. The number of carbonyl (C=O) groups is 2. The van der Waals surface area contributed by atoms with Crippen molar-refractivity contribution in [2.45, 2.75) is 45.6 Å². The summed E-state index contributed by atoms with van der Waals surface area (Å²) in [5, 5.41) is 11.9. The van der Waals surface area contributed by atoms with Gasteiger partial charge in [-0.05, 0) is 36.1 Å². The Morgan fingerprint density at radius 3 is 2.53 bits per heavy atom. The number of aryl methyl sites for hydroxylation is 1. The molecule has 0 saturated carbocycles. The smallest absolute Gasteiger partial charge is 0.290 e. The molecule has 0 fully saturated rings. The number of unbranched alkanes of at least 4 members (excludes halogenated alkanes) is 2. The summed E-state index contributed by atoms with van der Waals surface area (Å²) in [7, 11) is 1.49. The SMILES string of the molecule is CCCCCN1C(=O)C(O)=C(C(=O)c2cc3cc(Cl)cc(OC)c3o2)C1c1ccc(CC)cc1. The molecule has 1 aliphatic heterocycles. The maximum absolute atomic E-state index is 13.7. The van der Waals surface area contributed by atoms with Gasteiger partial charge in [-0.15, -0.1) is 0 Å². The highest BCUT2D eigenvalue weighted by molar-refractivity contribution is 6.31. The number of carbonyl (C=O) groups excluding carboxylic acids is 2. The number of rotatable bonds is 9. The van der Waals surface area contributed by atoms with Crippen LogP contribution in [-0.4, -0.2) is 35.4 Å². The van der Waals surface area contributed by atoms with E-state index in [0.717, 1.165) is 36.8 Å². The van der Waals surface area contributed by atoms with Crippen LogP contribution in [0.3, 0.4) is 0 Å². The van der Waals surface area contributed by atoms with Gasteiger partial charge in [-0.2, -0.15) is 0 Å². The molecule has 1 aliphatic rings. The van der Waals surface area contributed by atoms with Gasteiger partial charge in [0.15, 0.2) is 22.9 Å². The quantitative estimate of drug-likeness (QED) is 0.281. The van der Waals surface area contributed by atoms with Gasteiger partial charge >= 0.3 is 0 Å². The molecular weight excluding hydrogens is 454 g/mol. The zero-order chi connectivity index (χ0) is 24.4. The van der Waals surface area contributed by atoms with Gasteiger partial charge in [0, 0.05) is 23.0 Å². The number of halogens is 1. The Hall–Kier alpha value is -3.25. The summed E-state index contributed by atoms with van der Waals surface area (Å²) in [5.41, 5.74) is 2.32. The lowest BCUT2D eigenvalue weighted by atomic mass is 9.94. The second-order valence-electron chi connectivity index (χ2n) is 8.43. The second-order valence-corrected chi connectivity index (χ2v) is 8.87. The van der Waals surface area contributed by atoms with Gasteiger partial charge in [-0.25, -0.2) is 0 Å². The summed E-state index contributed by atoms with van der Waals surface area (Å²) in [5.74, 6) is -1.20. The summed E-state index contributed by atoms with van der Waals surface area (Å²) in [6, 6.07) is 11.9. The van der Waals surface area contributed by atoms with Gasteiger partial charge in [0.1, 0.15) is 0 Å². The molecule has 1 aromatic heterocycles. The molecule has 0 radical (unpaired) electrons. The Bertz CT molecular complexity index is 1260. The van der Waals surface area contributed by atoms with E-state index in [4.69, 9.17) is 20.8 Å². The van der Waals surface area contributed by atoms with Crippen LogP contribution < -0.4 is 4.74 Å². The maximum Gasteiger partial charge on any atom is 0.290 e. The van der Waals surface area contributed by atoms with E-state index in [2.05, 4.69) is 13.8 Å². The van der Waals surface area contributed by atoms with E-state index >= 15 is 0 Å². The van der Waals surface area contributed by atoms with Gasteiger partial charge in [-0.1, -0.05) is 62.6 Å². The summed E-state index contributed by atoms with van der Waals surface area (Å²) >= 11 is 6.16. The molecule has 34 heavy (non-hydrogen) atoms. The number of fused-ring (bicyclic) bond motifs is 1. The molecule has 3 aromatic rings. The minimum atomic E-state index is -0.693. The van der Waals surface area contributed by atoms with Gasteiger partial charge < -0.3 is 19.2 Å². The van der Waals surface area contributed by atoms with Gasteiger partial charge in [0.2, 0.25) is 5.78 Å². The number of ether oxygens (including phenoxy) is 1. The van der Waals surface area contributed by atoms with Crippen LogP contribution in [-0.2, 0) is 11.2 Å². The van der Waals surface area contributed by atoms with Crippen LogP contribution in [0.1, 0.15) is 60.8 Å². The van der Waals surface area contributed by atoms with Crippen LogP contribution in [0.15, 0.2) is 58.2 Å². The van der Waals surface area contributed by atoms with Crippen molar-refractivity contribution in [3.05, 3.63) is 75.7 Å². The number of methoxy groups -OCH3 is 1. The van der Waals surface area contributed by atoms with E-state index < -0.39 is 23.5 Å². The Kier molecular flexibility index (Phi) is 6.98. The van der Waals surface area contributed by atoms with E-state index in [1.165, 1.54) is 7.11 Å². The maximum atomic E-state index is 13.7. The fourth-order valence-corrected chi connectivity index (χ4v) is 4.63. The molecule has 1 unspecified atom stereocenters. The summed E-state index contributed by atoms with van der Waals surface area (Å²) in [6.45, 7) is 4.59. The normalized spacial score (nSPS) is 16.1. The zero-order valence-corrected chi connectivity index (χ0v) is 20.3. The largest absolute Gasteiger partial charge is 0.503 e. The Morgan fingerprint density at radius 1 is 1.15 bits per heavy atom. The molecule has 0 bridgehead atoms. The fourth-order valence-electron chi connectivity index (χ4n) is 4.41. The number of nitrogens with zero attached hydrogens (tertiary/aromatic N) is 1. The highest BCUT2D eigenvalue weighted by Crippen LogP contribution is 2.41. The molecule has 0 saturated heterocycles. The van der Waals surface area contributed by atoms with Crippen molar-refractivity contribution in [1.29, 1.82) is 0 Å². The van der Waals surface area contributed by atoms with Crippen LogP contribution in [0.5, 0.6) is 5.75 Å². The monoisotopic (exact) mass is 481 g/mol. The Balaban J connectivity index is 1.78. The lowest BCUT2D eigenvalue weighted by Gasteiger charge is -2.26. The van der Waals surface area contributed by atoms with E-state index in [1.807, 2.05) is 24.3 Å². The van der Waals surface area contributed by atoms with Gasteiger partial charge in [0.05, 0.1) is 18.7 Å². The third-order valence-electron chi connectivity index (χ3n) is 6.25. The van der Waals surface area contributed by atoms with Gasteiger partial charge in [-0.3, -0.25) is 9.59 Å². The van der Waals surface area contributed by atoms with E-state index in [-0.39, 0.29) is 11.3 Å². The third kappa shape index (κ3) is 4.30. The number of aliphatic hydroxyl groups excluding tert-OH is 1. The minimum Gasteiger partial charge on any atom is -0.503 e. The standard InChI is InChI=1S/C27H28ClNO5/c1-4-6-7-12-29-23(17-10-8-16(5-2)9-11-17)22(25(31)27(29)32)24(30)20-14-18-13-19(28)15-21(33-3)26(18)34-20/h8-11,13-15,23,31H,4-7,12H2,1-3H3. The van der Waals surface area contributed by atoms with Crippen molar-refractivity contribution in [2.75, 3.05) is 13.7 Å². The van der Waals surface area contributed by atoms with Crippen molar-refractivity contribution in [2.24, 2.45) is 0 Å². The molecule has 178 valence electrons. The van der Waals surface area contributed by atoms with Crippen LogP contribution in [0, 0.1) is 0 Å². The number of Topliss-reactive ketones (excluding diaryl/α,β-unsaturated/α-hetero) is 1. The first-order chi connectivity index (χ1) is 16.4. The molecule has 7 heteroatoms. The predicted molar refractivity (Wildman–Crippen MR) is 132 cm³/mol. The zero-order valence-electron chi connectivity index (χ0n) is 19.6. The number of benzene rings is 2. The first kappa shape index (κ1) is 23.9. The molecule has 0 aliphatic carbocycles. The van der Waals surface area contributed by atoms with Crippen molar-refractivity contribution in [1.82, 2.24) is 4.90 Å². The summed E-state index contributed by atoms with van der Waals surface area (Å²) < 4.78 is 11.2. The fraction of sp³-hybridized carbons (Fsp3) is 0.333. The molecule has 1 atom stereocenters. The second kappa shape index (κ2) is 9.94. The molecule has 1 amide bonds. The topological polar surface area (TPSA) is 80.0 Å². The molecule has 2 aromatic carbocycles. The van der Waals surface area contributed by atoms with E-state index in [1.54, 1.807) is 23.1 Å². The number of amides is 1. The Morgan fingerprint density at radius 2 is 1.88 bits per heavy atom. The first-order valence-electron chi connectivity index (χ1n) is 11.5. The summed E-state index contributed by atoms with van der Waals surface area (Å²) in [6.07, 6.45) is 3.59. The number of hydrogen-bond acceptors (Lipinski definition) is 5. The first-order valence-corrected chi connectivity index (χ1v) is 11.9. The molecule has 0 spiro atoms. The number of hydrogen-bond donors (Lipinski definition) is 1. The molecule has 2 heterocycles. The van der Waals surface area contributed by atoms with Crippen LogP contribution in [0.4, 0.5) is 0 Å². The molecule has 4 rings (SSSR count). The minimum absolute atomic E-state index is 0.00973. The van der Waals surface area contributed by atoms with Crippen LogP contribution >= 0.6 is 11.6 Å². The van der Waals surface area contributed by atoms with Crippen molar-refractivity contribution >= 4 is 34.3 Å². The number of furan rings is 1. The average molecular weight is 482 g/mol. The molecule has 6 nitrogen and oxygen atoms in total. The van der Waals surface area contributed by atoms with E-state index in [9.17, 15) is 14.7 Å². The molecule has 1 N–H and O–H groups in total. The lowest BCUT2D eigenvalue weighted by Crippen LogP contribution is -2.32. The van der Waals surface area contributed by atoms with Crippen LogP contribution in [0.25, 0.3) is 11.0 Å². The highest BCUT2D eigenvalue weighted by Gasteiger charge is 2.44. The van der Waals surface area contributed by atoms with Crippen molar-refractivity contribution in [3.8, 4) is 5.75 Å².